The third-order valence-electron chi connectivity index (χ3n) is 3.58. The van der Waals surface area contributed by atoms with Crippen LogP contribution in [0, 0.1) is 0 Å². The Labute approximate surface area is 163 Å². The van der Waals surface area contributed by atoms with Crippen LogP contribution in [0.5, 0.6) is 5.75 Å². The van der Waals surface area contributed by atoms with Crippen LogP contribution in [0.4, 0.5) is 11.4 Å². The van der Waals surface area contributed by atoms with E-state index in [9.17, 15) is 9.59 Å². The normalized spacial score (nSPS) is 17.8. The molecule has 2 aromatic carbocycles. The van der Waals surface area contributed by atoms with Crippen LogP contribution in [0.15, 0.2) is 58.0 Å². The van der Waals surface area contributed by atoms with Gasteiger partial charge >= 0.3 is 0 Å². The number of carbonyl (C=O) groups is 2. The van der Waals surface area contributed by atoms with Gasteiger partial charge in [0.05, 0.1) is 12.8 Å². The molecule has 1 atom stereocenters. The maximum Gasteiger partial charge on any atom is 0.240 e. The van der Waals surface area contributed by atoms with Crippen molar-refractivity contribution < 1.29 is 14.3 Å². The molecular formula is C18H16BrN3O3S. The van der Waals surface area contributed by atoms with Gasteiger partial charge in [0.1, 0.15) is 11.0 Å². The Kier molecular flexibility index (Phi) is 5.95. The highest BCUT2D eigenvalue weighted by atomic mass is 79.9. The molecule has 0 aliphatic carbocycles. The van der Waals surface area contributed by atoms with E-state index < -0.39 is 5.25 Å². The molecule has 1 fully saturated rings. The topological polar surface area (TPSA) is 79.8 Å². The summed E-state index contributed by atoms with van der Waals surface area (Å²) in [6.45, 7) is 0. The summed E-state index contributed by atoms with van der Waals surface area (Å²) in [6.07, 6.45) is 0.0776. The minimum absolute atomic E-state index is 0.0776. The number of ether oxygens (including phenoxy) is 1. The van der Waals surface area contributed by atoms with E-state index in [1.807, 2.05) is 12.1 Å². The summed E-state index contributed by atoms with van der Waals surface area (Å²) in [5.41, 5.74) is 1.39. The lowest BCUT2D eigenvalue weighted by Crippen LogP contribution is -2.28. The van der Waals surface area contributed by atoms with Gasteiger partial charge < -0.3 is 15.4 Å². The van der Waals surface area contributed by atoms with Gasteiger partial charge in [-0.05, 0) is 48.5 Å². The third kappa shape index (κ3) is 4.86. The molecule has 26 heavy (non-hydrogen) atoms. The second-order valence-electron chi connectivity index (χ2n) is 5.47. The number of hydrogen-bond acceptors (Lipinski definition) is 5. The van der Waals surface area contributed by atoms with E-state index >= 15 is 0 Å². The van der Waals surface area contributed by atoms with Gasteiger partial charge in [0, 0.05) is 16.6 Å². The molecule has 1 aliphatic heterocycles. The van der Waals surface area contributed by atoms with Crippen molar-refractivity contribution in [2.24, 2.45) is 4.99 Å². The molecule has 0 aromatic heterocycles. The van der Waals surface area contributed by atoms with Crippen LogP contribution < -0.4 is 15.4 Å². The van der Waals surface area contributed by atoms with E-state index in [1.165, 1.54) is 11.8 Å². The number of benzene rings is 2. The summed E-state index contributed by atoms with van der Waals surface area (Å²) >= 11 is 4.60. The SMILES string of the molecule is COc1ccc(N=C2NC(=O)[C@@H](CC(=O)Nc3ccc(Br)cc3)S2)cc1. The number of nitrogens with zero attached hydrogens (tertiary/aromatic N) is 1. The van der Waals surface area contributed by atoms with Crippen LogP contribution in [0.2, 0.25) is 0 Å². The first-order chi connectivity index (χ1) is 12.5. The number of halogens is 1. The summed E-state index contributed by atoms with van der Waals surface area (Å²) in [4.78, 5) is 28.6. The Bertz CT molecular complexity index is 838. The predicted molar refractivity (Wildman–Crippen MR) is 107 cm³/mol. The molecule has 1 aliphatic rings. The van der Waals surface area contributed by atoms with Crippen LogP contribution in [-0.4, -0.2) is 29.3 Å². The lowest BCUT2D eigenvalue weighted by molar-refractivity contribution is -0.122. The molecular weight excluding hydrogens is 418 g/mol. The third-order valence-corrected chi connectivity index (χ3v) is 5.19. The molecule has 8 heteroatoms. The largest absolute Gasteiger partial charge is 0.497 e. The summed E-state index contributed by atoms with van der Waals surface area (Å²) in [5.74, 6) is 0.304. The molecule has 2 N–H and O–H groups in total. The highest BCUT2D eigenvalue weighted by Gasteiger charge is 2.32. The van der Waals surface area contributed by atoms with Crippen molar-refractivity contribution in [3.05, 3.63) is 53.0 Å². The van der Waals surface area contributed by atoms with Gasteiger partial charge in [-0.3, -0.25) is 9.59 Å². The summed E-state index contributed by atoms with van der Waals surface area (Å²) in [6, 6.07) is 14.4. The minimum Gasteiger partial charge on any atom is -0.497 e. The lowest BCUT2D eigenvalue weighted by Gasteiger charge is -2.07. The van der Waals surface area contributed by atoms with Gasteiger partial charge in [0.2, 0.25) is 11.8 Å². The van der Waals surface area contributed by atoms with Gasteiger partial charge in [-0.1, -0.05) is 27.7 Å². The van der Waals surface area contributed by atoms with Crippen molar-refractivity contribution in [2.75, 3.05) is 12.4 Å². The molecule has 2 amide bonds. The Morgan fingerprint density at radius 3 is 2.58 bits per heavy atom. The monoisotopic (exact) mass is 433 g/mol. The first-order valence-corrected chi connectivity index (χ1v) is 9.46. The molecule has 134 valence electrons. The number of nitrogens with one attached hydrogen (secondary N) is 2. The smallest absolute Gasteiger partial charge is 0.240 e. The summed E-state index contributed by atoms with van der Waals surface area (Å²) in [5, 5.41) is 5.49. The Morgan fingerprint density at radius 1 is 1.23 bits per heavy atom. The molecule has 1 heterocycles. The molecule has 0 spiro atoms. The molecule has 0 saturated carbocycles. The molecule has 0 unspecified atom stereocenters. The van der Waals surface area contributed by atoms with E-state index in [0.717, 1.165) is 10.2 Å². The van der Waals surface area contributed by atoms with Crippen molar-refractivity contribution in [3.63, 3.8) is 0 Å². The predicted octanol–water partition coefficient (Wildman–Crippen LogP) is 3.71. The quantitative estimate of drug-likeness (QED) is 0.752. The number of aliphatic imine (C=N–C) groups is 1. The first kappa shape index (κ1) is 18.5. The number of anilines is 1. The zero-order chi connectivity index (χ0) is 18.5. The molecule has 3 rings (SSSR count). The lowest BCUT2D eigenvalue weighted by atomic mass is 10.2. The molecule has 2 aromatic rings. The van der Waals surface area contributed by atoms with E-state index in [-0.39, 0.29) is 18.2 Å². The fourth-order valence-electron chi connectivity index (χ4n) is 2.28. The van der Waals surface area contributed by atoms with Crippen LogP contribution in [0.3, 0.4) is 0 Å². The van der Waals surface area contributed by atoms with E-state index in [1.54, 1.807) is 43.5 Å². The number of methoxy groups -OCH3 is 1. The Morgan fingerprint density at radius 2 is 1.92 bits per heavy atom. The van der Waals surface area contributed by atoms with Gasteiger partial charge in [0.25, 0.3) is 0 Å². The molecule has 0 bridgehead atoms. The van der Waals surface area contributed by atoms with Crippen LogP contribution in [0.1, 0.15) is 6.42 Å². The van der Waals surface area contributed by atoms with E-state index in [2.05, 4.69) is 31.6 Å². The fraction of sp³-hybridized carbons (Fsp3) is 0.167. The van der Waals surface area contributed by atoms with Crippen LogP contribution in [0.25, 0.3) is 0 Å². The van der Waals surface area contributed by atoms with Crippen LogP contribution >= 0.6 is 27.7 Å². The fourth-order valence-corrected chi connectivity index (χ4v) is 3.53. The average Bonchev–Trinajstić information content (AvgIpc) is 2.96. The van der Waals surface area contributed by atoms with E-state index in [0.29, 0.717) is 16.5 Å². The maximum absolute atomic E-state index is 12.2. The second-order valence-corrected chi connectivity index (χ2v) is 7.58. The summed E-state index contributed by atoms with van der Waals surface area (Å²) in [7, 11) is 1.60. The number of hydrogen-bond donors (Lipinski definition) is 2. The van der Waals surface area contributed by atoms with Crippen molar-refractivity contribution in [1.29, 1.82) is 0 Å². The van der Waals surface area contributed by atoms with Crippen molar-refractivity contribution >= 4 is 56.0 Å². The molecule has 1 saturated heterocycles. The highest BCUT2D eigenvalue weighted by molar-refractivity contribution is 9.10. The zero-order valence-corrected chi connectivity index (χ0v) is 16.3. The average molecular weight is 434 g/mol. The number of thioether (sulfide) groups is 1. The van der Waals surface area contributed by atoms with Gasteiger partial charge in [0.15, 0.2) is 5.17 Å². The number of rotatable bonds is 5. The van der Waals surface area contributed by atoms with Crippen molar-refractivity contribution in [2.45, 2.75) is 11.7 Å². The number of carbonyl (C=O) groups excluding carboxylic acids is 2. The second kappa shape index (κ2) is 8.37. The summed E-state index contributed by atoms with van der Waals surface area (Å²) < 4.78 is 6.03. The molecule has 0 radical (unpaired) electrons. The van der Waals surface area contributed by atoms with Crippen LogP contribution in [-0.2, 0) is 9.59 Å². The Hall–Kier alpha value is -2.32. The van der Waals surface area contributed by atoms with E-state index in [4.69, 9.17) is 4.74 Å². The number of amidine groups is 1. The molecule has 6 nitrogen and oxygen atoms in total. The van der Waals surface area contributed by atoms with Gasteiger partial charge in [-0.2, -0.15) is 0 Å². The highest BCUT2D eigenvalue weighted by Crippen LogP contribution is 2.26. The van der Waals surface area contributed by atoms with Gasteiger partial charge in [-0.25, -0.2) is 4.99 Å². The Balaban J connectivity index is 1.59. The van der Waals surface area contributed by atoms with Crippen molar-refractivity contribution in [3.8, 4) is 5.75 Å². The first-order valence-electron chi connectivity index (χ1n) is 7.79. The zero-order valence-electron chi connectivity index (χ0n) is 13.9. The number of amides is 2. The maximum atomic E-state index is 12.2. The minimum atomic E-state index is -0.498. The standard InChI is InChI=1S/C18H16BrN3O3S/c1-25-14-8-6-13(7-9-14)21-18-22-17(24)15(26-18)10-16(23)20-12-4-2-11(19)3-5-12/h2-9,15H,10H2,1H3,(H,20,23)(H,21,22,24)/t15-/m1/s1. The van der Waals surface area contributed by atoms with Gasteiger partial charge in [-0.15, -0.1) is 0 Å². The van der Waals surface area contributed by atoms with Crippen molar-refractivity contribution in [1.82, 2.24) is 5.32 Å².